The molecule has 2 heterocycles. The molecule has 1 aliphatic heterocycles. The summed E-state index contributed by atoms with van der Waals surface area (Å²) in [5, 5.41) is 2.48. The Bertz CT molecular complexity index is 938. The monoisotopic (exact) mass is 412 g/mol. The molecule has 0 bridgehead atoms. The highest BCUT2D eigenvalue weighted by Gasteiger charge is 2.23. The Hall–Kier alpha value is -2.52. The van der Waals surface area contributed by atoms with Crippen LogP contribution < -0.4 is 15.8 Å². The van der Waals surface area contributed by atoms with E-state index in [2.05, 4.69) is 10.3 Å². The molecule has 28 heavy (non-hydrogen) atoms. The zero-order chi connectivity index (χ0) is 20.3. The number of nitrogens with zero attached hydrogens (tertiary/aromatic N) is 3. The number of carbonyl (C=O) groups excluding carboxylic acids is 1. The van der Waals surface area contributed by atoms with E-state index in [-0.39, 0.29) is 29.4 Å². The van der Waals surface area contributed by atoms with Gasteiger partial charge >= 0.3 is 0 Å². The Labute approximate surface area is 164 Å². The van der Waals surface area contributed by atoms with Crippen LogP contribution in [0.1, 0.15) is 5.82 Å². The Balaban J connectivity index is 1.77. The predicted molar refractivity (Wildman–Crippen MR) is 101 cm³/mol. The number of hydrogen-bond donors (Lipinski definition) is 1. The first-order valence-corrected chi connectivity index (χ1v) is 8.99. The summed E-state index contributed by atoms with van der Waals surface area (Å²) in [6.07, 6.45) is -0.750. The van der Waals surface area contributed by atoms with Gasteiger partial charge in [0.05, 0.1) is 18.1 Å². The minimum atomic E-state index is -0.628. The molecule has 1 aromatic heterocycles. The lowest BCUT2D eigenvalue weighted by molar-refractivity contribution is -0.115. The Kier molecular flexibility index (Phi) is 6.25. The molecule has 0 spiro atoms. The second kappa shape index (κ2) is 8.66. The molecule has 0 saturated carbocycles. The van der Waals surface area contributed by atoms with E-state index in [9.17, 15) is 18.4 Å². The van der Waals surface area contributed by atoms with Crippen LogP contribution in [0.2, 0.25) is 5.02 Å². The van der Waals surface area contributed by atoms with E-state index in [1.54, 1.807) is 4.90 Å². The number of benzene rings is 1. The molecular weight excluding hydrogens is 394 g/mol. The summed E-state index contributed by atoms with van der Waals surface area (Å²) < 4.78 is 32.7. The van der Waals surface area contributed by atoms with E-state index in [1.165, 1.54) is 29.8 Å². The predicted octanol–water partition coefficient (Wildman–Crippen LogP) is 1.93. The molecule has 1 saturated heterocycles. The van der Waals surface area contributed by atoms with Crippen LogP contribution in [0.5, 0.6) is 0 Å². The van der Waals surface area contributed by atoms with Crippen LogP contribution >= 0.6 is 11.6 Å². The summed E-state index contributed by atoms with van der Waals surface area (Å²) in [5.74, 6) is -0.409. The van der Waals surface area contributed by atoms with Crippen LogP contribution in [-0.2, 0) is 23.0 Å². The van der Waals surface area contributed by atoms with E-state index in [0.29, 0.717) is 24.7 Å². The third-order valence-electron chi connectivity index (χ3n) is 4.37. The van der Waals surface area contributed by atoms with Crippen molar-refractivity contribution in [2.75, 3.05) is 36.6 Å². The second-order valence-electron chi connectivity index (χ2n) is 6.37. The third kappa shape index (κ3) is 4.66. The first-order valence-electron chi connectivity index (χ1n) is 8.61. The Morgan fingerprint density at radius 1 is 1.43 bits per heavy atom. The van der Waals surface area contributed by atoms with Gasteiger partial charge in [-0.1, -0.05) is 11.6 Å². The number of aromatic nitrogens is 2. The Morgan fingerprint density at radius 3 is 2.93 bits per heavy atom. The fourth-order valence-electron chi connectivity index (χ4n) is 2.84. The lowest BCUT2D eigenvalue weighted by atomic mass is 10.2. The maximum absolute atomic E-state index is 13.2. The van der Waals surface area contributed by atoms with Crippen LogP contribution in [0.4, 0.5) is 20.3 Å². The van der Waals surface area contributed by atoms with Gasteiger partial charge in [0.1, 0.15) is 30.2 Å². The van der Waals surface area contributed by atoms with Crippen molar-refractivity contribution >= 4 is 29.0 Å². The highest BCUT2D eigenvalue weighted by Crippen LogP contribution is 2.20. The molecule has 0 aliphatic carbocycles. The van der Waals surface area contributed by atoms with Crippen molar-refractivity contribution in [3.05, 3.63) is 51.3 Å². The Morgan fingerprint density at radius 2 is 2.21 bits per heavy atom. The summed E-state index contributed by atoms with van der Waals surface area (Å²) in [5.41, 5.74) is -0.00237. The summed E-state index contributed by atoms with van der Waals surface area (Å²) >= 11 is 5.71. The molecule has 7 nitrogen and oxygen atoms in total. The number of carbonyl (C=O) groups is 1. The van der Waals surface area contributed by atoms with Crippen molar-refractivity contribution in [1.29, 1.82) is 0 Å². The van der Waals surface area contributed by atoms with Gasteiger partial charge in [-0.2, -0.15) is 0 Å². The van der Waals surface area contributed by atoms with Gasteiger partial charge in [-0.05, 0) is 18.2 Å². The van der Waals surface area contributed by atoms with Gasteiger partial charge in [-0.25, -0.2) is 13.8 Å². The zero-order valence-electron chi connectivity index (χ0n) is 15.1. The van der Waals surface area contributed by atoms with Crippen LogP contribution in [0.3, 0.4) is 0 Å². The van der Waals surface area contributed by atoms with E-state index in [4.69, 9.17) is 16.3 Å². The van der Waals surface area contributed by atoms with E-state index < -0.39 is 24.5 Å². The van der Waals surface area contributed by atoms with Gasteiger partial charge in [-0.15, -0.1) is 0 Å². The molecule has 0 radical (unpaired) electrons. The summed E-state index contributed by atoms with van der Waals surface area (Å²) in [6, 6.07) is 5.17. The van der Waals surface area contributed by atoms with E-state index in [0.717, 1.165) is 6.07 Å². The lowest BCUT2D eigenvalue weighted by Crippen LogP contribution is -2.44. The smallest absolute Gasteiger partial charge is 0.255 e. The molecule has 3 rings (SSSR count). The molecular formula is C18H19ClF2N4O3. The first kappa shape index (κ1) is 20.2. The molecule has 150 valence electrons. The second-order valence-corrected chi connectivity index (χ2v) is 6.78. The number of amides is 1. The largest absolute Gasteiger partial charge is 0.372 e. The molecule has 1 aliphatic rings. The zero-order valence-corrected chi connectivity index (χ0v) is 15.9. The number of ether oxygens (including phenoxy) is 1. The highest BCUT2D eigenvalue weighted by molar-refractivity contribution is 6.31. The molecule has 1 fully saturated rings. The molecule has 10 heteroatoms. The summed E-state index contributed by atoms with van der Waals surface area (Å²) in [4.78, 5) is 30.8. The number of morpholine rings is 1. The summed E-state index contributed by atoms with van der Waals surface area (Å²) in [6.45, 7) is 0.441. The number of nitrogens with one attached hydrogen (secondary N) is 1. The minimum absolute atomic E-state index is 0.111. The SMILES string of the molecule is Cn1c(CC(=O)Nc2ccc(F)c(Cl)c2)nc(N2CCOC(CF)C2)cc1=O. The summed E-state index contributed by atoms with van der Waals surface area (Å²) in [7, 11) is 1.51. The van der Waals surface area contributed by atoms with Crippen molar-refractivity contribution in [3.63, 3.8) is 0 Å². The van der Waals surface area contributed by atoms with E-state index >= 15 is 0 Å². The lowest BCUT2D eigenvalue weighted by Gasteiger charge is -2.32. The molecule has 2 aromatic rings. The van der Waals surface area contributed by atoms with Crippen LogP contribution in [0, 0.1) is 5.82 Å². The fourth-order valence-corrected chi connectivity index (χ4v) is 3.02. The quantitative estimate of drug-likeness (QED) is 0.812. The van der Waals surface area contributed by atoms with Crippen LogP contribution in [-0.4, -0.2) is 47.9 Å². The molecule has 1 N–H and O–H groups in total. The molecule has 1 atom stereocenters. The van der Waals surface area contributed by atoms with Crippen LogP contribution in [0.15, 0.2) is 29.1 Å². The van der Waals surface area contributed by atoms with Crippen molar-refractivity contribution in [1.82, 2.24) is 9.55 Å². The first-order chi connectivity index (χ1) is 13.4. The molecule has 1 amide bonds. The number of rotatable bonds is 5. The van der Waals surface area contributed by atoms with Crippen molar-refractivity contribution in [3.8, 4) is 0 Å². The fraction of sp³-hybridized carbons (Fsp3) is 0.389. The van der Waals surface area contributed by atoms with Crippen molar-refractivity contribution < 1.29 is 18.3 Å². The van der Waals surface area contributed by atoms with Gasteiger partial charge in [0, 0.05) is 31.9 Å². The third-order valence-corrected chi connectivity index (χ3v) is 4.66. The van der Waals surface area contributed by atoms with Gasteiger partial charge in [-0.3, -0.25) is 14.2 Å². The minimum Gasteiger partial charge on any atom is -0.372 e. The number of hydrogen-bond acceptors (Lipinski definition) is 5. The van der Waals surface area contributed by atoms with E-state index in [1.807, 2.05) is 0 Å². The normalized spacial score (nSPS) is 16.9. The van der Waals surface area contributed by atoms with Crippen molar-refractivity contribution in [2.45, 2.75) is 12.5 Å². The van der Waals surface area contributed by atoms with Gasteiger partial charge in [0.2, 0.25) is 5.91 Å². The highest BCUT2D eigenvalue weighted by atomic mass is 35.5. The van der Waals surface area contributed by atoms with Gasteiger partial charge < -0.3 is 15.0 Å². The number of alkyl halides is 1. The van der Waals surface area contributed by atoms with Gasteiger partial charge in [0.15, 0.2) is 0 Å². The topological polar surface area (TPSA) is 76.5 Å². The van der Waals surface area contributed by atoms with Gasteiger partial charge in [0.25, 0.3) is 5.56 Å². The molecule has 1 aromatic carbocycles. The molecule has 1 unspecified atom stereocenters. The number of halogens is 3. The average molecular weight is 413 g/mol. The van der Waals surface area contributed by atoms with Crippen LogP contribution in [0.25, 0.3) is 0 Å². The standard InChI is InChI=1S/C18H19ClF2N4O3/c1-24-15(7-17(26)22-11-2-3-14(21)13(19)6-11)23-16(8-18(24)27)25-4-5-28-12(9-20)10-25/h2-3,6,8,12H,4-5,7,9-10H2,1H3,(H,22,26). The van der Waals surface area contributed by atoms with Crippen molar-refractivity contribution in [2.24, 2.45) is 7.05 Å². The maximum Gasteiger partial charge on any atom is 0.255 e. The maximum atomic E-state index is 13.2. The average Bonchev–Trinajstić information content (AvgIpc) is 2.68. The number of anilines is 2.